The summed E-state index contributed by atoms with van der Waals surface area (Å²) in [5.74, 6) is -1.05. The summed E-state index contributed by atoms with van der Waals surface area (Å²) in [6.07, 6.45) is 0.172. The van der Waals surface area contributed by atoms with Gasteiger partial charge in [0.05, 0.1) is 16.0 Å². The number of rotatable bonds is 2. The van der Waals surface area contributed by atoms with Crippen LogP contribution in [0.1, 0.15) is 6.42 Å². The fraction of sp³-hybridized carbons (Fsp3) is 0.273. The number of carbonyl (C=O) groups is 2. The lowest BCUT2D eigenvalue weighted by atomic mass is 10.1. The smallest absolute Gasteiger partial charge is 0.229 e. The average molecular weight is 289 g/mol. The number of phenolic OH excluding ortho intramolecular Hbond substituents is 1. The van der Waals surface area contributed by atoms with Crippen LogP contribution >= 0.6 is 23.2 Å². The summed E-state index contributed by atoms with van der Waals surface area (Å²) in [7, 11) is 0. The second kappa shape index (κ2) is 5.04. The highest BCUT2D eigenvalue weighted by molar-refractivity contribution is 6.37. The van der Waals surface area contributed by atoms with E-state index in [0.717, 1.165) is 0 Å². The highest BCUT2D eigenvalue weighted by atomic mass is 35.5. The maximum absolute atomic E-state index is 11.8. The van der Waals surface area contributed by atoms with Crippen molar-refractivity contribution in [2.45, 2.75) is 6.42 Å². The molecule has 0 aromatic heterocycles. The minimum Gasteiger partial charge on any atom is -0.505 e. The van der Waals surface area contributed by atoms with Gasteiger partial charge in [0.2, 0.25) is 11.8 Å². The van der Waals surface area contributed by atoms with Crippen molar-refractivity contribution < 1.29 is 14.7 Å². The Morgan fingerprint density at radius 1 is 1.39 bits per heavy atom. The second-order valence-electron chi connectivity index (χ2n) is 3.98. The van der Waals surface area contributed by atoms with Gasteiger partial charge in [-0.05, 0) is 12.1 Å². The van der Waals surface area contributed by atoms with E-state index in [1.165, 1.54) is 12.1 Å². The van der Waals surface area contributed by atoms with Crippen molar-refractivity contribution in [3.05, 3.63) is 22.2 Å². The first-order chi connectivity index (χ1) is 8.47. The molecule has 7 heteroatoms. The van der Waals surface area contributed by atoms with Gasteiger partial charge >= 0.3 is 0 Å². The topological polar surface area (TPSA) is 78.4 Å². The highest BCUT2D eigenvalue weighted by Gasteiger charge is 2.28. The summed E-state index contributed by atoms with van der Waals surface area (Å²) in [4.78, 5) is 22.8. The molecule has 18 heavy (non-hydrogen) atoms. The monoisotopic (exact) mass is 288 g/mol. The van der Waals surface area contributed by atoms with E-state index >= 15 is 0 Å². The Hall–Kier alpha value is -1.46. The minimum absolute atomic E-state index is 0.0541. The van der Waals surface area contributed by atoms with Gasteiger partial charge in [-0.1, -0.05) is 23.2 Å². The largest absolute Gasteiger partial charge is 0.505 e. The summed E-state index contributed by atoms with van der Waals surface area (Å²) < 4.78 is 0. The zero-order chi connectivity index (χ0) is 13.3. The van der Waals surface area contributed by atoms with Gasteiger partial charge < -0.3 is 15.7 Å². The van der Waals surface area contributed by atoms with Gasteiger partial charge in [0.25, 0.3) is 0 Å². The van der Waals surface area contributed by atoms with Gasteiger partial charge in [-0.3, -0.25) is 9.59 Å². The van der Waals surface area contributed by atoms with Crippen molar-refractivity contribution in [3.8, 4) is 5.75 Å². The van der Waals surface area contributed by atoms with Crippen molar-refractivity contribution in [1.29, 1.82) is 0 Å². The Balaban J connectivity index is 2.10. The van der Waals surface area contributed by atoms with Gasteiger partial charge in [0, 0.05) is 18.7 Å². The standard InChI is InChI=1S/C11H10Cl2N2O3/c12-7-2-6(3-8(13)10(7)17)15-11(18)5-1-9(16)14-4-5/h2-3,5,17H,1,4H2,(H,14,16)(H,15,18). The lowest BCUT2D eigenvalue weighted by molar-refractivity contribution is -0.123. The fourth-order valence-electron chi connectivity index (χ4n) is 1.67. The van der Waals surface area contributed by atoms with Crippen LogP contribution in [0.25, 0.3) is 0 Å². The fourth-order valence-corrected chi connectivity index (χ4v) is 2.16. The molecule has 0 radical (unpaired) electrons. The molecule has 1 aliphatic heterocycles. The van der Waals surface area contributed by atoms with Gasteiger partial charge in [-0.25, -0.2) is 0 Å². The van der Waals surface area contributed by atoms with E-state index in [4.69, 9.17) is 23.2 Å². The summed E-state index contributed by atoms with van der Waals surface area (Å²) in [6, 6.07) is 2.79. The van der Waals surface area contributed by atoms with E-state index in [1.807, 2.05) is 0 Å². The first-order valence-corrected chi connectivity index (χ1v) is 5.98. The number of halogens is 2. The highest BCUT2D eigenvalue weighted by Crippen LogP contribution is 2.34. The van der Waals surface area contributed by atoms with Gasteiger partial charge in [0.1, 0.15) is 0 Å². The van der Waals surface area contributed by atoms with Crippen LogP contribution in [-0.4, -0.2) is 23.5 Å². The van der Waals surface area contributed by atoms with Crippen molar-refractivity contribution in [3.63, 3.8) is 0 Å². The van der Waals surface area contributed by atoms with Crippen LogP contribution < -0.4 is 10.6 Å². The van der Waals surface area contributed by atoms with Crippen LogP contribution in [0, 0.1) is 5.92 Å². The molecular weight excluding hydrogens is 279 g/mol. The predicted molar refractivity (Wildman–Crippen MR) is 67.9 cm³/mol. The molecule has 1 atom stereocenters. The van der Waals surface area contributed by atoms with Crippen LogP contribution in [0.2, 0.25) is 10.0 Å². The second-order valence-corrected chi connectivity index (χ2v) is 4.80. The molecule has 0 aliphatic carbocycles. The molecule has 1 aromatic rings. The maximum atomic E-state index is 11.8. The van der Waals surface area contributed by atoms with Crippen molar-refractivity contribution in [1.82, 2.24) is 5.32 Å². The Morgan fingerprint density at radius 2 is 2.00 bits per heavy atom. The molecule has 5 nitrogen and oxygen atoms in total. The van der Waals surface area contributed by atoms with Crippen LogP contribution in [-0.2, 0) is 9.59 Å². The normalized spacial score (nSPS) is 18.6. The summed E-state index contributed by atoms with van der Waals surface area (Å²) >= 11 is 11.5. The van der Waals surface area contributed by atoms with Crippen LogP contribution in [0.15, 0.2) is 12.1 Å². The molecule has 2 rings (SSSR count). The molecular formula is C11H10Cl2N2O3. The van der Waals surface area contributed by atoms with E-state index in [-0.39, 0.29) is 34.0 Å². The zero-order valence-corrected chi connectivity index (χ0v) is 10.7. The molecule has 96 valence electrons. The first-order valence-electron chi connectivity index (χ1n) is 5.23. The third kappa shape index (κ3) is 2.68. The SMILES string of the molecule is O=C1CC(C(=O)Nc2cc(Cl)c(O)c(Cl)c2)CN1. The molecule has 2 amide bonds. The Labute approximate surface area is 113 Å². The third-order valence-electron chi connectivity index (χ3n) is 2.63. The van der Waals surface area contributed by atoms with Crippen molar-refractivity contribution >= 4 is 40.7 Å². The molecule has 3 N–H and O–H groups in total. The van der Waals surface area contributed by atoms with Crippen LogP contribution in [0.4, 0.5) is 5.69 Å². The molecule has 1 heterocycles. The lowest BCUT2D eigenvalue weighted by Crippen LogP contribution is -2.24. The number of amides is 2. The van der Waals surface area contributed by atoms with E-state index in [2.05, 4.69) is 10.6 Å². The quantitative estimate of drug-likeness (QED) is 0.726. The number of anilines is 1. The number of nitrogens with one attached hydrogen (secondary N) is 2. The molecule has 0 spiro atoms. The van der Waals surface area contributed by atoms with E-state index < -0.39 is 5.92 Å². The number of benzene rings is 1. The average Bonchev–Trinajstić information content (AvgIpc) is 2.72. The molecule has 1 aromatic carbocycles. The number of hydrogen-bond donors (Lipinski definition) is 3. The van der Waals surface area contributed by atoms with Crippen LogP contribution in [0.5, 0.6) is 5.75 Å². The van der Waals surface area contributed by atoms with Crippen molar-refractivity contribution in [2.75, 3.05) is 11.9 Å². The first kappa shape index (κ1) is 13.0. The number of hydrogen-bond acceptors (Lipinski definition) is 3. The number of aromatic hydroxyl groups is 1. The Kier molecular flexibility index (Phi) is 3.63. The molecule has 1 fully saturated rings. The van der Waals surface area contributed by atoms with Gasteiger partial charge in [0.15, 0.2) is 5.75 Å². The molecule has 1 aliphatic rings. The van der Waals surface area contributed by atoms with Gasteiger partial charge in [-0.2, -0.15) is 0 Å². The summed E-state index contributed by atoms with van der Waals surface area (Å²) in [5, 5.41) is 14.7. The van der Waals surface area contributed by atoms with Crippen LogP contribution in [0.3, 0.4) is 0 Å². The number of carbonyl (C=O) groups excluding carboxylic acids is 2. The van der Waals surface area contributed by atoms with E-state index in [0.29, 0.717) is 12.2 Å². The number of phenols is 1. The molecule has 0 saturated carbocycles. The summed E-state index contributed by atoms with van der Waals surface area (Å²) in [5.41, 5.74) is 0.382. The van der Waals surface area contributed by atoms with Crippen molar-refractivity contribution in [2.24, 2.45) is 5.92 Å². The van der Waals surface area contributed by atoms with E-state index in [1.54, 1.807) is 0 Å². The predicted octanol–water partition coefficient (Wildman–Crippen LogP) is 1.77. The molecule has 1 unspecified atom stereocenters. The summed E-state index contributed by atoms with van der Waals surface area (Å²) in [6.45, 7) is 0.324. The van der Waals surface area contributed by atoms with Gasteiger partial charge in [-0.15, -0.1) is 0 Å². The van der Waals surface area contributed by atoms with E-state index in [9.17, 15) is 14.7 Å². The Bertz CT molecular complexity index is 496. The molecule has 1 saturated heterocycles. The molecule has 0 bridgehead atoms. The lowest BCUT2D eigenvalue weighted by Gasteiger charge is -2.10. The zero-order valence-electron chi connectivity index (χ0n) is 9.17. The minimum atomic E-state index is -0.399. The maximum Gasteiger partial charge on any atom is 0.229 e. The Morgan fingerprint density at radius 3 is 2.50 bits per heavy atom. The third-order valence-corrected chi connectivity index (χ3v) is 3.21.